The Hall–Kier alpha value is -0.380. The Morgan fingerprint density at radius 3 is 2.92 bits per heavy atom. The Morgan fingerprint density at radius 1 is 1.62 bits per heavy atom. The van der Waals surface area contributed by atoms with Gasteiger partial charge in [-0.1, -0.05) is 19.9 Å². The molecule has 1 heterocycles. The predicted octanol–water partition coefficient (Wildman–Crippen LogP) is 1.59. The van der Waals surface area contributed by atoms with Crippen LogP contribution in [0.4, 0.5) is 0 Å². The van der Waals surface area contributed by atoms with Crippen LogP contribution in [0.2, 0.25) is 0 Å². The zero-order valence-electron chi connectivity index (χ0n) is 8.36. The van der Waals surface area contributed by atoms with E-state index < -0.39 is 0 Å². The van der Waals surface area contributed by atoms with Crippen LogP contribution in [0.1, 0.15) is 13.8 Å². The highest BCUT2D eigenvalue weighted by atomic mass is 16.7. The van der Waals surface area contributed by atoms with Gasteiger partial charge in [0.15, 0.2) is 6.29 Å². The van der Waals surface area contributed by atoms with Gasteiger partial charge in [0, 0.05) is 5.92 Å². The molecule has 3 nitrogen and oxygen atoms in total. The molecular weight excluding hydrogens is 168 g/mol. The molecule has 0 saturated carbocycles. The molecule has 0 aliphatic carbocycles. The van der Waals surface area contributed by atoms with E-state index in [0.29, 0.717) is 25.7 Å². The third kappa shape index (κ3) is 3.46. The summed E-state index contributed by atoms with van der Waals surface area (Å²) in [5.74, 6) is 0.407. The van der Waals surface area contributed by atoms with Crippen LogP contribution >= 0.6 is 0 Å². The van der Waals surface area contributed by atoms with Gasteiger partial charge in [0.25, 0.3) is 0 Å². The maximum Gasteiger partial charge on any atom is 0.160 e. The van der Waals surface area contributed by atoms with E-state index in [1.54, 1.807) is 6.08 Å². The van der Waals surface area contributed by atoms with Gasteiger partial charge in [-0.05, 0) is 0 Å². The SMILES string of the molecule is C=CCOCC1COC(C(C)C)O1. The lowest BCUT2D eigenvalue weighted by molar-refractivity contribution is -0.0960. The highest BCUT2D eigenvalue weighted by Gasteiger charge is 2.27. The van der Waals surface area contributed by atoms with Gasteiger partial charge >= 0.3 is 0 Å². The molecule has 0 bridgehead atoms. The number of hydrogen-bond acceptors (Lipinski definition) is 3. The first-order valence-electron chi connectivity index (χ1n) is 4.69. The summed E-state index contributed by atoms with van der Waals surface area (Å²) >= 11 is 0. The van der Waals surface area contributed by atoms with Crippen molar-refractivity contribution >= 4 is 0 Å². The summed E-state index contributed by atoms with van der Waals surface area (Å²) in [5.41, 5.74) is 0. The quantitative estimate of drug-likeness (QED) is 0.482. The van der Waals surface area contributed by atoms with E-state index in [1.165, 1.54) is 0 Å². The van der Waals surface area contributed by atoms with E-state index in [9.17, 15) is 0 Å². The molecule has 0 aromatic rings. The van der Waals surface area contributed by atoms with E-state index in [1.807, 2.05) is 0 Å². The lowest BCUT2D eigenvalue weighted by atomic mass is 10.2. The van der Waals surface area contributed by atoms with Crippen molar-refractivity contribution in [2.45, 2.75) is 26.2 Å². The van der Waals surface area contributed by atoms with Crippen molar-refractivity contribution in [1.29, 1.82) is 0 Å². The minimum Gasteiger partial charge on any atom is -0.375 e. The summed E-state index contributed by atoms with van der Waals surface area (Å²) < 4.78 is 16.3. The number of rotatable bonds is 5. The van der Waals surface area contributed by atoms with Crippen LogP contribution in [0.3, 0.4) is 0 Å². The molecule has 0 N–H and O–H groups in total. The molecule has 1 fully saturated rings. The van der Waals surface area contributed by atoms with Crippen LogP contribution in [0.15, 0.2) is 12.7 Å². The first-order chi connectivity index (χ1) is 6.24. The Balaban J connectivity index is 2.13. The largest absolute Gasteiger partial charge is 0.375 e. The summed E-state index contributed by atoms with van der Waals surface area (Å²) in [6.07, 6.45) is 1.76. The standard InChI is InChI=1S/C10H18O3/c1-4-5-11-6-9-7-12-10(13-9)8(2)3/h4,8-10H,1,5-7H2,2-3H3. The maximum atomic E-state index is 5.59. The molecule has 1 aliphatic rings. The van der Waals surface area contributed by atoms with Crippen molar-refractivity contribution in [3.05, 3.63) is 12.7 Å². The first kappa shape index (κ1) is 10.7. The minimum absolute atomic E-state index is 0.0580. The summed E-state index contributed by atoms with van der Waals surface area (Å²) in [6, 6.07) is 0. The zero-order chi connectivity index (χ0) is 9.68. The first-order valence-corrected chi connectivity index (χ1v) is 4.69. The van der Waals surface area contributed by atoms with Gasteiger partial charge in [-0.2, -0.15) is 0 Å². The van der Waals surface area contributed by atoms with Gasteiger partial charge in [0.05, 0.1) is 19.8 Å². The van der Waals surface area contributed by atoms with Gasteiger partial charge in [-0.3, -0.25) is 0 Å². The molecule has 2 atom stereocenters. The van der Waals surface area contributed by atoms with Crippen molar-refractivity contribution in [3.63, 3.8) is 0 Å². The van der Waals surface area contributed by atoms with Crippen LogP contribution in [-0.4, -0.2) is 32.2 Å². The Labute approximate surface area is 79.7 Å². The topological polar surface area (TPSA) is 27.7 Å². The molecular formula is C10H18O3. The summed E-state index contributed by atoms with van der Waals surface area (Å²) in [5, 5.41) is 0. The van der Waals surface area contributed by atoms with E-state index in [4.69, 9.17) is 14.2 Å². The summed E-state index contributed by atoms with van der Waals surface area (Å²) in [7, 11) is 0. The number of ether oxygens (including phenoxy) is 3. The lowest BCUT2D eigenvalue weighted by Crippen LogP contribution is -2.21. The second-order valence-corrected chi connectivity index (χ2v) is 3.53. The Morgan fingerprint density at radius 2 is 2.38 bits per heavy atom. The average Bonchev–Trinajstić information content (AvgIpc) is 2.53. The van der Waals surface area contributed by atoms with Crippen molar-refractivity contribution in [2.24, 2.45) is 5.92 Å². The summed E-state index contributed by atoms with van der Waals surface area (Å²) in [6.45, 7) is 9.54. The zero-order valence-corrected chi connectivity index (χ0v) is 8.36. The van der Waals surface area contributed by atoms with Crippen molar-refractivity contribution in [2.75, 3.05) is 19.8 Å². The van der Waals surface area contributed by atoms with Crippen LogP contribution in [0, 0.1) is 5.92 Å². The van der Waals surface area contributed by atoms with Gasteiger partial charge in [0.1, 0.15) is 6.10 Å². The second-order valence-electron chi connectivity index (χ2n) is 3.53. The molecule has 1 rings (SSSR count). The van der Waals surface area contributed by atoms with Crippen molar-refractivity contribution in [3.8, 4) is 0 Å². The highest BCUT2D eigenvalue weighted by Crippen LogP contribution is 2.18. The maximum absolute atomic E-state index is 5.59. The van der Waals surface area contributed by atoms with Crippen LogP contribution in [0.5, 0.6) is 0 Å². The molecule has 1 saturated heterocycles. The van der Waals surface area contributed by atoms with Gasteiger partial charge in [-0.25, -0.2) is 0 Å². The monoisotopic (exact) mass is 186 g/mol. The second kappa shape index (κ2) is 5.37. The van der Waals surface area contributed by atoms with E-state index in [-0.39, 0.29) is 12.4 Å². The molecule has 76 valence electrons. The molecule has 0 spiro atoms. The molecule has 1 aliphatic heterocycles. The molecule has 13 heavy (non-hydrogen) atoms. The Bertz CT molecular complexity index is 156. The highest BCUT2D eigenvalue weighted by molar-refractivity contribution is 4.69. The van der Waals surface area contributed by atoms with Gasteiger partial charge in [0.2, 0.25) is 0 Å². The van der Waals surface area contributed by atoms with Gasteiger partial charge in [-0.15, -0.1) is 6.58 Å². The van der Waals surface area contributed by atoms with Crippen molar-refractivity contribution < 1.29 is 14.2 Å². The van der Waals surface area contributed by atoms with E-state index >= 15 is 0 Å². The normalized spacial score (nSPS) is 28.2. The minimum atomic E-state index is -0.0580. The Kier molecular flexibility index (Phi) is 4.42. The van der Waals surface area contributed by atoms with E-state index in [0.717, 1.165) is 0 Å². The predicted molar refractivity (Wildman–Crippen MR) is 50.5 cm³/mol. The fourth-order valence-corrected chi connectivity index (χ4v) is 1.19. The van der Waals surface area contributed by atoms with Crippen LogP contribution in [-0.2, 0) is 14.2 Å². The molecule has 3 heteroatoms. The van der Waals surface area contributed by atoms with Crippen LogP contribution in [0.25, 0.3) is 0 Å². The van der Waals surface area contributed by atoms with Crippen LogP contribution < -0.4 is 0 Å². The van der Waals surface area contributed by atoms with E-state index in [2.05, 4.69) is 20.4 Å². The lowest BCUT2D eigenvalue weighted by Gasteiger charge is -2.14. The number of hydrogen-bond donors (Lipinski definition) is 0. The molecule has 0 aromatic carbocycles. The fourth-order valence-electron chi connectivity index (χ4n) is 1.19. The molecule has 2 unspecified atom stereocenters. The molecule has 0 radical (unpaired) electrons. The third-order valence-electron chi connectivity index (χ3n) is 1.86. The van der Waals surface area contributed by atoms with Crippen molar-refractivity contribution in [1.82, 2.24) is 0 Å². The smallest absolute Gasteiger partial charge is 0.160 e. The third-order valence-corrected chi connectivity index (χ3v) is 1.86. The van der Waals surface area contributed by atoms with Gasteiger partial charge < -0.3 is 14.2 Å². The molecule has 0 amide bonds. The average molecular weight is 186 g/mol. The fraction of sp³-hybridized carbons (Fsp3) is 0.800. The summed E-state index contributed by atoms with van der Waals surface area (Å²) in [4.78, 5) is 0. The molecule has 0 aromatic heterocycles.